The van der Waals surface area contributed by atoms with Gasteiger partial charge in [0.15, 0.2) is 5.78 Å². The van der Waals surface area contributed by atoms with Gasteiger partial charge in [-0.15, -0.1) is 11.6 Å². The van der Waals surface area contributed by atoms with Crippen molar-refractivity contribution in [1.29, 1.82) is 0 Å². The summed E-state index contributed by atoms with van der Waals surface area (Å²) in [6, 6.07) is 3.70. The average Bonchev–Trinajstić information content (AvgIpc) is 2.19. The smallest absolute Gasteiger partial charge is 0.182 e. The largest absolute Gasteiger partial charge is 0.496 e. The zero-order valence-electron chi connectivity index (χ0n) is 7.93. The lowest BCUT2D eigenvalue weighted by Crippen LogP contribution is -2.05. The Labute approximate surface area is 96.3 Å². The highest BCUT2D eigenvalue weighted by Gasteiger charge is 2.16. The summed E-state index contributed by atoms with van der Waals surface area (Å²) in [5.41, 5.74) is 1.44. The van der Waals surface area contributed by atoms with Crippen LogP contribution in [0.2, 0.25) is 0 Å². The Morgan fingerprint density at radius 1 is 1.57 bits per heavy atom. The maximum absolute atomic E-state index is 11.5. The van der Waals surface area contributed by atoms with Crippen molar-refractivity contribution in [2.75, 3.05) is 13.0 Å². The number of halogens is 2. The van der Waals surface area contributed by atoms with E-state index in [4.69, 9.17) is 16.3 Å². The predicted octanol–water partition coefficient (Wildman–Crippen LogP) is 3.19. The minimum Gasteiger partial charge on any atom is -0.496 e. The van der Waals surface area contributed by atoms with Crippen molar-refractivity contribution >= 4 is 33.3 Å². The number of aryl methyl sites for hydroxylation is 1. The van der Waals surface area contributed by atoms with Crippen LogP contribution in [0.3, 0.4) is 0 Å². The van der Waals surface area contributed by atoms with E-state index in [0.29, 0.717) is 15.8 Å². The minimum absolute atomic E-state index is 0.0432. The SMILES string of the molecule is COc1c(C)ccc(Br)c1C(=O)CCl. The fourth-order valence-corrected chi connectivity index (χ4v) is 1.92. The first kappa shape index (κ1) is 11.5. The molecule has 0 saturated heterocycles. The molecule has 1 aromatic rings. The molecule has 76 valence electrons. The molecule has 0 spiro atoms. The Hall–Kier alpha value is -0.540. The molecule has 0 heterocycles. The van der Waals surface area contributed by atoms with E-state index in [2.05, 4.69) is 15.9 Å². The molecule has 0 amide bonds. The van der Waals surface area contributed by atoms with Gasteiger partial charge in [0, 0.05) is 4.47 Å². The standard InChI is InChI=1S/C10H10BrClO2/c1-6-3-4-7(11)9(8(13)5-12)10(6)14-2/h3-4H,5H2,1-2H3. The molecule has 0 bridgehead atoms. The molecule has 1 aromatic carbocycles. The molecule has 0 saturated carbocycles. The van der Waals surface area contributed by atoms with Gasteiger partial charge in [-0.2, -0.15) is 0 Å². The molecule has 0 aliphatic rings. The van der Waals surface area contributed by atoms with Gasteiger partial charge in [0.2, 0.25) is 0 Å². The summed E-state index contributed by atoms with van der Waals surface area (Å²) in [6.07, 6.45) is 0. The Morgan fingerprint density at radius 2 is 2.21 bits per heavy atom. The molecule has 0 N–H and O–H groups in total. The van der Waals surface area contributed by atoms with E-state index in [1.165, 1.54) is 0 Å². The first-order chi connectivity index (χ1) is 6.61. The molecular weight excluding hydrogens is 267 g/mol. The number of ketones is 1. The normalized spacial score (nSPS) is 10.0. The number of methoxy groups -OCH3 is 1. The molecule has 0 aromatic heterocycles. The van der Waals surface area contributed by atoms with E-state index in [-0.39, 0.29) is 11.7 Å². The van der Waals surface area contributed by atoms with Gasteiger partial charge < -0.3 is 4.74 Å². The van der Waals surface area contributed by atoms with Gasteiger partial charge in [-0.05, 0) is 34.5 Å². The second-order valence-electron chi connectivity index (χ2n) is 2.83. The third-order valence-electron chi connectivity index (χ3n) is 1.91. The van der Waals surface area contributed by atoms with E-state index in [1.54, 1.807) is 7.11 Å². The molecule has 0 fully saturated rings. The van der Waals surface area contributed by atoms with Crippen molar-refractivity contribution in [3.05, 3.63) is 27.7 Å². The molecule has 0 atom stereocenters. The van der Waals surface area contributed by atoms with Crippen LogP contribution >= 0.6 is 27.5 Å². The number of alkyl halides is 1. The lowest BCUT2D eigenvalue weighted by Gasteiger charge is -2.11. The molecule has 0 radical (unpaired) electrons. The van der Waals surface area contributed by atoms with E-state index in [9.17, 15) is 4.79 Å². The number of carbonyl (C=O) groups excluding carboxylic acids is 1. The van der Waals surface area contributed by atoms with Crippen molar-refractivity contribution in [2.45, 2.75) is 6.92 Å². The summed E-state index contributed by atoms with van der Waals surface area (Å²) in [5, 5.41) is 0. The van der Waals surface area contributed by atoms with Crippen molar-refractivity contribution in [1.82, 2.24) is 0 Å². The van der Waals surface area contributed by atoms with Crippen LogP contribution in [0.15, 0.2) is 16.6 Å². The van der Waals surface area contributed by atoms with Gasteiger partial charge in [0.05, 0.1) is 18.6 Å². The van der Waals surface area contributed by atoms with Crippen molar-refractivity contribution in [2.24, 2.45) is 0 Å². The van der Waals surface area contributed by atoms with E-state index >= 15 is 0 Å². The molecule has 4 heteroatoms. The topological polar surface area (TPSA) is 26.3 Å². The van der Waals surface area contributed by atoms with Crippen LogP contribution in [0.25, 0.3) is 0 Å². The quantitative estimate of drug-likeness (QED) is 0.626. The van der Waals surface area contributed by atoms with Crippen LogP contribution in [0.4, 0.5) is 0 Å². The second-order valence-corrected chi connectivity index (χ2v) is 3.95. The third-order valence-corrected chi connectivity index (χ3v) is 2.81. The highest BCUT2D eigenvalue weighted by molar-refractivity contribution is 9.10. The lowest BCUT2D eigenvalue weighted by molar-refractivity contribution is 0.101. The fourth-order valence-electron chi connectivity index (χ4n) is 1.25. The Bertz CT molecular complexity index is 363. The Morgan fingerprint density at radius 3 is 2.71 bits per heavy atom. The van der Waals surface area contributed by atoms with Crippen molar-refractivity contribution in [3.8, 4) is 5.75 Å². The summed E-state index contributed by atoms with van der Waals surface area (Å²) < 4.78 is 5.88. The third kappa shape index (κ3) is 2.10. The van der Waals surface area contributed by atoms with Gasteiger partial charge in [0.1, 0.15) is 5.75 Å². The van der Waals surface area contributed by atoms with Crippen LogP contribution in [-0.4, -0.2) is 18.8 Å². The summed E-state index contributed by atoms with van der Waals surface area (Å²) in [6.45, 7) is 1.89. The number of Topliss-reactive ketones (excluding diaryl/α,β-unsaturated/α-hetero) is 1. The highest BCUT2D eigenvalue weighted by atomic mass is 79.9. The second kappa shape index (κ2) is 4.80. The molecule has 14 heavy (non-hydrogen) atoms. The van der Waals surface area contributed by atoms with Crippen LogP contribution in [0.5, 0.6) is 5.75 Å². The fraction of sp³-hybridized carbons (Fsp3) is 0.300. The summed E-state index contributed by atoms with van der Waals surface area (Å²) in [5.74, 6) is 0.405. The Kier molecular flexibility index (Phi) is 3.96. The molecule has 0 aliphatic carbocycles. The highest BCUT2D eigenvalue weighted by Crippen LogP contribution is 2.30. The average molecular weight is 278 g/mol. The van der Waals surface area contributed by atoms with Crippen molar-refractivity contribution in [3.63, 3.8) is 0 Å². The number of carbonyl (C=O) groups is 1. The first-order valence-electron chi connectivity index (χ1n) is 4.04. The van der Waals surface area contributed by atoms with Gasteiger partial charge in [-0.25, -0.2) is 0 Å². The maximum atomic E-state index is 11.5. The molecule has 0 unspecified atom stereocenters. The zero-order chi connectivity index (χ0) is 10.7. The van der Waals surface area contributed by atoms with Gasteiger partial charge in [0.25, 0.3) is 0 Å². The monoisotopic (exact) mass is 276 g/mol. The van der Waals surface area contributed by atoms with Crippen LogP contribution in [0, 0.1) is 6.92 Å². The van der Waals surface area contributed by atoms with E-state index in [1.807, 2.05) is 19.1 Å². The Balaban J connectivity index is 3.37. The summed E-state index contributed by atoms with van der Waals surface area (Å²) >= 11 is 8.82. The lowest BCUT2D eigenvalue weighted by atomic mass is 10.1. The number of rotatable bonds is 3. The number of ether oxygens (including phenoxy) is 1. The van der Waals surface area contributed by atoms with Gasteiger partial charge in [-0.1, -0.05) is 6.07 Å². The van der Waals surface area contributed by atoms with E-state index in [0.717, 1.165) is 5.56 Å². The minimum atomic E-state index is -0.140. The van der Waals surface area contributed by atoms with Crippen LogP contribution < -0.4 is 4.74 Å². The first-order valence-corrected chi connectivity index (χ1v) is 5.36. The molecular formula is C10H10BrClO2. The summed E-state index contributed by atoms with van der Waals surface area (Å²) in [7, 11) is 1.54. The number of hydrogen-bond acceptors (Lipinski definition) is 2. The van der Waals surface area contributed by atoms with Crippen LogP contribution in [-0.2, 0) is 0 Å². The van der Waals surface area contributed by atoms with Gasteiger partial charge >= 0.3 is 0 Å². The van der Waals surface area contributed by atoms with E-state index < -0.39 is 0 Å². The predicted molar refractivity (Wildman–Crippen MR) is 60.5 cm³/mol. The maximum Gasteiger partial charge on any atom is 0.182 e. The molecule has 0 aliphatic heterocycles. The van der Waals surface area contributed by atoms with Crippen molar-refractivity contribution < 1.29 is 9.53 Å². The van der Waals surface area contributed by atoms with Crippen LogP contribution in [0.1, 0.15) is 15.9 Å². The molecule has 1 rings (SSSR count). The number of hydrogen-bond donors (Lipinski definition) is 0. The summed E-state index contributed by atoms with van der Waals surface area (Å²) in [4.78, 5) is 11.5. The van der Waals surface area contributed by atoms with Gasteiger partial charge in [-0.3, -0.25) is 4.79 Å². The zero-order valence-corrected chi connectivity index (χ0v) is 10.3. The number of benzene rings is 1. The molecule has 2 nitrogen and oxygen atoms in total.